The highest BCUT2D eigenvalue weighted by Crippen LogP contribution is 2.26. The number of nitrogens with one attached hydrogen (secondary N) is 1. The number of morpholine rings is 1. The first-order valence-corrected chi connectivity index (χ1v) is 7.96. The number of nitrogens with zero attached hydrogens (tertiary/aromatic N) is 4. The summed E-state index contributed by atoms with van der Waals surface area (Å²) in [4.78, 5) is 4.96. The van der Waals surface area contributed by atoms with Crippen LogP contribution in [0.15, 0.2) is 0 Å². The topological polar surface area (TPSA) is 45.6 Å². The monoisotopic (exact) mass is 293 g/mol. The van der Waals surface area contributed by atoms with Crippen molar-refractivity contribution in [1.82, 2.24) is 20.0 Å². The zero-order chi connectivity index (χ0) is 14.8. The van der Waals surface area contributed by atoms with E-state index in [0.717, 1.165) is 58.2 Å². The summed E-state index contributed by atoms with van der Waals surface area (Å²) < 4.78 is 7.53. The zero-order valence-electron chi connectivity index (χ0n) is 13.4. The fourth-order valence-electron chi connectivity index (χ4n) is 3.43. The molecule has 21 heavy (non-hydrogen) atoms. The van der Waals surface area contributed by atoms with Gasteiger partial charge in [-0.1, -0.05) is 0 Å². The molecule has 1 atom stereocenters. The maximum absolute atomic E-state index is 5.48. The van der Waals surface area contributed by atoms with E-state index in [1.807, 2.05) is 4.68 Å². The number of ether oxygens (including phenoxy) is 1. The molecule has 0 aromatic carbocycles. The van der Waals surface area contributed by atoms with E-state index in [-0.39, 0.29) is 0 Å². The van der Waals surface area contributed by atoms with Gasteiger partial charge in [0.2, 0.25) is 0 Å². The normalized spacial score (nSPS) is 24.5. The Morgan fingerprint density at radius 3 is 2.76 bits per heavy atom. The van der Waals surface area contributed by atoms with E-state index < -0.39 is 0 Å². The van der Waals surface area contributed by atoms with Crippen LogP contribution in [0.4, 0.5) is 5.82 Å². The van der Waals surface area contributed by atoms with Crippen molar-refractivity contribution in [3.8, 4) is 0 Å². The molecule has 6 nitrogen and oxygen atoms in total. The molecule has 2 fully saturated rings. The predicted molar refractivity (Wildman–Crippen MR) is 83.7 cm³/mol. The van der Waals surface area contributed by atoms with Gasteiger partial charge in [-0.15, -0.1) is 0 Å². The fourth-order valence-corrected chi connectivity index (χ4v) is 3.43. The maximum atomic E-state index is 5.48. The summed E-state index contributed by atoms with van der Waals surface area (Å²) in [6.07, 6.45) is 0. The van der Waals surface area contributed by atoms with Crippen LogP contribution >= 0.6 is 0 Å². The van der Waals surface area contributed by atoms with E-state index in [4.69, 9.17) is 4.74 Å². The largest absolute Gasteiger partial charge is 0.378 e. The zero-order valence-corrected chi connectivity index (χ0v) is 13.4. The Balaban J connectivity index is 1.80. The predicted octanol–water partition coefficient (Wildman–Crippen LogP) is 0.359. The lowest BCUT2D eigenvalue weighted by molar-refractivity contribution is 0.122. The van der Waals surface area contributed by atoms with Gasteiger partial charge in [-0.05, 0) is 13.8 Å². The average molecular weight is 293 g/mol. The van der Waals surface area contributed by atoms with E-state index in [1.165, 1.54) is 11.4 Å². The van der Waals surface area contributed by atoms with Crippen LogP contribution in [-0.2, 0) is 18.3 Å². The summed E-state index contributed by atoms with van der Waals surface area (Å²) >= 11 is 0. The summed E-state index contributed by atoms with van der Waals surface area (Å²) in [6, 6.07) is 0.572. The molecule has 6 heteroatoms. The third-order valence-corrected chi connectivity index (χ3v) is 4.46. The summed E-state index contributed by atoms with van der Waals surface area (Å²) in [5.41, 5.74) is 2.54. The summed E-state index contributed by atoms with van der Waals surface area (Å²) in [7, 11) is 2.06. The fraction of sp³-hybridized carbons (Fsp3) is 0.800. The number of anilines is 1. The van der Waals surface area contributed by atoms with E-state index in [2.05, 4.69) is 41.1 Å². The van der Waals surface area contributed by atoms with Crippen LogP contribution in [0.3, 0.4) is 0 Å². The Bertz CT molecular complexity index is 481. The number of rotatable bonds is 3. The van der Waals surface area contributed by atoms with Gasteiger partial charge in [0, 0.05) is 57.9 Å². The summed E-state index contributed by atoms with van der Waals surface area (Å²) in [6.45, 7) is 12.2. The van der Waals surface area contributed by atoms with E-state index in [0.29, 0.717) is 6.04 Å². The minimum absolute atomic E-state index is 0.572. The van der Waals surface area contributed by atoms with Gasteiger partial charge in [-0.2, -0.15) is 5.10 Å². The maximum Gasteiger partial charge on any atom is 0.131 e. The Hall–Kier alpha value is -1.11. The second-order valence-electron chi connectivity index (χ2n) is 6.20. The molecule has 118 valence electrons. The van der Waals surface area contributed by atoms with E-state index >= 15 is 0 Å². The van der Waals surface area contributed by atoms with E-state index in [1.54, 1.807) is 0 Å². The van der Waals surface area contributed by atoms with Crippen molar-refractivity contribution < 1.29 is 4.74 Å². The molecule has 0 bridgehead atoms. The molecule has 0 radical (unpaired) electrons. The first kappa shape index (κ1) is 14.8. The summed E-state index contributed by atoms with van der Waals surface area (Å²) in [5, 5.41) is 8.17. The van der Waals surface area contributed by atoms with Gasteiger partial charge in [0.15, 0.2) is 0 Å². The van der Waals surface area contributed by atoms with Gasteiger partial charge >= 0.3 is 0 Å². The van der Waals surface area contributed by atoms with Crippen LogP contribution in [0, 0.1) is 6.92 Å². The van der Waals surface area contributed by atoms with Crippen molar-refractivity contribution in [2.24, 2.45) is 7.05 Å². The molecule has 0 spiro atoms. The quantitative estimate of drug-likeness (QED) is 0.872. The smallest absolute Gasteiger partial charge is 0.131 e. The van der Waals surface area contributed by atoms with Gasteiger partial charge in [-0.3, -0.25) is 9.58 Å². The van der Waals surface area contributed by atoms with Gasteiger partial charge in [0.25, 0.3) is 0 Å². The Labute approximate surface area is 127 Å². The molecule has 2 aliphatic heterocycles. The van der Waals surface area contributed by atoms with Gasteiger partial charge < -0.3 is 15.0 Å². The number of aromatic nitrogens is 2. The number of hydrogen-bond acceptors (Lipinski definition) is 5. The van der Waals surface area contributed by atoms with Crippen LogP contribution in [-0.4, -0.2) is 66.7 Å². The van der Waals surface area contributed by atoms with Crippen molar-refractivity contribution >= 4 is 5.82 Å². The highest BCUT2D eigenvalue weighted by atomic mass is 16.5. The number of hydrogen-bond donors (Lipinski definition) is 1. The van der Waals surface area contributed by atoms with Crippen molar-refractivity contribution in [3.05, 3.63) is 11.3 Å². The first-order valence-electron chi connectivity index (χ1n) is 7.96. The van der Waals surface area contributed by atoms with Crippen LogP contribution < -0.4 is 10.2 Å². The molecular formula is C15H27N5O. The third-order valence-electron chi connectivity index (χ3n) is 4.46. The van der Waals surface area contributed by atoms with Gasteiger partial charge in [0.1, 0.15) is 5.82 Å². The van der Waals surface area contributed by atoms with Crippen molar-refractivity contribution in [2.75, 3.05) is 50.8 Å². The van der Waals surface area contributed by atoms with Crippen molar-refractivity contribution in [1.29, 1.82) is 0 Å². The molecule has 1 aromatic heterocycles. The standard InChI is InChI=1S/C15H27N5O/c1-12-10-19(5-4-16-12)11-14-13(2)17-18(3)15(14)20-6-8-21-9-7-20/h12,16H,4-11H2,1-3H3/t12-/m0/s1. The van der Waals surface area contributed by atoms with Crippen molar-refractivity contribution in [2.45, 2.75) is 26.4 Å². The van der Waals surface area contributed by atoms with Crippen LogP contribution in [0.1, 0.15) is 18.2 Å². The molecule has 1 N–H and O–H groups in total. The number of piperazine rings is 1. The molecule has 2 aliphatic rings. The highest BCUT2D eigenvalue weighted by molar-refractivity contribution is 5.50. The average Bonchev–Trinajstić information content (AvgIpc) is 2.74. The molecule has 3 heterocycles. The highest BCUT2D eigenvalue weighted by Gasteiger charge is 2.24. The SMILES string of the molecule is Cc1nn(C)c(N2CCOCC2)c1CN1CCN[C@@H](C)C1. The number of aryl methyl sites for hydroxylation is 2. The molecule has 0 amide bonds. The molecule has 2 saturated heterocycles. The second kappa shape index (κ2) is 6.34. The minimum atomic E-state index is 0.572. The van der Waals surface area contributed by atoms with Crippen LogP contribution in [0.2, 0.25) is 0 Å². The molecule has 1 aromatic rings. The summed E-state index contributed by atoms with van der Waals surface area (Å²) in [5.74, 6) is 1.28. The molecule has 0 aliphatic carbocycles. The minimum Gasteiger partial charge on any atom is -0.378 e. The van der Waals surface area contributed by atoms with Crippen LogP contribution in [0.25, 0.3) is 0 Å². The first-order chi connectivity index (χ1) is 10.1. The Kier molecular flexibility index (Phi) is 4.47. The molecule has 3 rings (SSSR count). The van der Waals surface area contributed by atoms with E-state index in [9.17, 15) is 0 Å². The lowest BCUT2D eigenvalue weighted by Gasteiger charge is -2.34. The molecule has 0 unspecified atom stereocenters. The lowest BCUT2D eigenvalue weighted by Crippen LogP contribution is -2.48. The second-order valence-corrected chi connectivity index (χ2v) is 6.20. The Morgan fingerprint density at radius 2 is 2.05 bits per heavy atom. The Morgan fingerprint density at radius 1 is 1.29 bits per heavy atom. The molecular weight excluding hydrogens is 266 g/mol. The van der Waals surface area contributed by atoms with Crippen molar-refractivity contribution in [3.63, 3.8) is 0 Å². The lowest BCUT2D eigenvalue weighted by atomic mass is 10.1. The third kappa shape index (κ3) is 3.22. The molecule has 0 saturated carbocycles. The van der Waals surface area contributed by atoms with Crippen LogP contribution in [0.5, 0.6) is 0 Å². The van der Waals surface area contributed by atoms with Gasteiger partial charge in [-0.25, -0.2) is 0 Å². The van der Waals surface area contributed by atoms with Gasteiger partial charge in [0.05, 0.1) is 18.9 Å².